The summed E-state index contributed by atoms with van der Waals surface area (Å²) in [7, 11) is -1.34. The lowest BCUT2D eigenvalue weighted by molar-refractivity contribution is 0.843. The van der Waals surface area contributed by atoms with Gasteiger partial charge in [-0.1, -0.05) is 40.0 Å². The lowest BCUT2D eigenvalue weighted by atomic mass is 9.82. The van der Waals surface area contributed by atoms with Crippen LogP contribution in [0, 0.1) is 11.2 Å². The minimum absolute atomic E-state index is 0.125. The second kappa shape index (κ2) is 11.2. The number of hydrogen-bond acceptors (Lipinski definition) is 1. The van der Waals surface area contributed by atoms with Gasteiger partial charge in [0.1, 0.15) is 0 Å². The van der Waals surface area contributed by atoms with Crippen LogP contribution in [0.3, 0.4) is 0 Å². The fraction of sp³-hybridized carbons (Fsp3) is 0.929. The molecule has 0 N–H and O–H groups in total. The van der Waals surface area contributed by atoms with Crippen LogP contribution in [-0.4, -0.2) is 29.7 Å². The molecule has 0 aliphatic rings. The Morgan fingerprint density at radius 1 is 0.947 bits per heavy atom. The third-order valence-electron chi connectivity index (χ3n) is 3.83. The van der Waals surface area contributed by atoms with E-state index in [2.05, 4.69) is 26.7 Å². The summed E-state index contributed by atoms with van der Waals surface area (Å²) in [5.41, 5.74) is 0. The quantitative estimate of drug-likeness (QED) is 0.268. The van der Waals surface area contributed by atoms with Crippen molar-refractivity contribution in [3.8, 4) is 5.97 Å². The largest absolute Gasteiger partial charge is 0.248 e. The first-order valence-electron chi connectivity index (χ1n) is 7.61. The first-order chi connectivity index (χ1) is 9.07. The van der Waals surface area contributed by atoms with Crippen molar-refractivity contribution in [1.29, 1.82) is 5.26 Å². The minimum Gasteiger partial charge on any atom is -0.248 e. The monoisotopic (exact) mass is 322 g/mol. The molecule has 0 unspecified atom stereocenters. The molecule has 0 bridgehead atoms. The normalized spacial score (nSPS) is 12.1. The van der Waals surface area contributed by atoms with Gasteiger partial charge in [-0.3, -0.25) is 0 Å². The minimum atomic E-state index is -1.34. The molecule has 0 rings (SSSR count). The van der Waals surface area contributed by atoms with E-state index >= 15 is 0 Å². The Kier molecular flexibility index (Phi) is 11.6. The third-order valence-corrected chi connectivity index (χ3v) is 9.90. The second-order valence-corrected chi connectivity index (χ2v) is 10.9. The molecule has 0 spiro atoms. The van der Waals surface area contributed by atoms with Gasteiger partial charge in [-0.25, -0.2) is 5.26 Å². The van der Waals surface area contributed by atoms with Crippen LogP contribution in [0.4, 0.5) is 0 Å². The number of halogens is 2. The van der Waals surface area contributed by atoms with Crippen molar-refractivity contribution in [2.45, 2.75) is 64.0 Å². The summed E-state index contributed by atoms with van der Waals surface area (Å²) < 4.78 is -0.524. The number of nitrogens with zero attached hydrogens (tertiary/aromatic N) is 1. The van der Waals surface area contributed by atoms with Gasteiger partial charge in [-0.2, -0.15) is 7.14 Å². The van der Waals surface area contributed by atoms with E-state index in [4.69, 9.17) is 23.2 Å². The molecule has 0 aliphatic carbocycles. The molecule has 111 valence electrons. The molecule has 0 aromatic rings. The molecule has 0 aromatic carbocycles. The fourth-order valence-corrected chi connectivity index (χ4v) is 9.20. The topological polar surface area (TPSA) is 23.8 Å². The van der Waals surface area contributed by atoms with Crippen molar-refractivity contribution in [3.63, 3.8) is 0 Å². The summed E-state index contributed by atoms with van der Waals surface area (Å²) in [5, 5.41) is 9.54. The van der Waals surface area contributed by atoms with Crippen LogP contribution in [0.2, 0.25) is 0 Å². The standard InChI is InChI=1S/C14H28BCl2NP/c1-4-7-10-19(11-8-5-2,12-9-6-3)15(13-18)14(16)17/h14H,4-12H2,1-3H3. The Bertz CT molecular complexity index is 247. The maximum Gasteiger partial charge on any atom is 0.220 e. The third kappa shape index (κ3) is 6.70. The summed E-state index contributed by atoms with van der Waals surface area (Å²) in [5.74, 6) is 2.45. The predicted molar refractivity (Wildman–Crippen MR) is 93.1 cm³/mol. The number of hydrogen-bond donors (Lipinski definition) is 0. The highest BCUT2D eigenvalue weighted by Crippen LogP contribution is 2.64. The molecule has 0 heterocycles. The summed E-state index contributed by atoms with van der Waals surface area (Å²) in [6, 6.07) is 0. The number of rotatable bonds is 11. The Morgan fingerprint density at radius 3 is 1.53 bits per heavy atom. The Labute approximate surface area is 130 Å². The molecule has 5 heteroatoms. The molecule has 0 fully saturated rings. The smallest absolute Gasteiger partial charge is 0.220 e. The van der Waals surface area contributed by atoms with Crippen LogP contribution < -0.4 is 0 Å². The molecule has 0 aromatic heterocycles. The summed E-state index contributed by atoms with van der Waals surface area (Å²) in [6.07, 6.45) is 10.6. The molecule has 0 saturated carbocycles. The zero-order chi connectivity index (χ0) is 14.7. The second-order valence-electron chi connectivity index (χ2n) is 5.36. The predicted octanol–water partition coefficient (Wildman–Crippen LogP) is 5.80. The van der Waals surface area contributed by atoms with Gasteiger partial charge in [-0.15, -0.1) is 29.2 Å². The number of unbranched alkanes of at least 4 members (excludes halogenated alkanes) is 3. The average Bonchev–Trinajstić information content (AvgIpc) is 2.40. The molecule has 0 amide bonds. The lowest BCUT2D eigenvalue weighted by Gasteiger charge is -2.41. The number of nitriles is 1. The highest BCUT2D eigenvalue weighted by Gasteiger charge is 2.39. The first-order valence-corrected chi connectivity index (χ1v) is 10.9. The van der Waals surface area contributed by atoms with E-state index in [1.54, 1.807) is 0 Å². The summed E-state index contributed by atoms with van der Waals surface area (Å²) >= 11 is 12.3. The van der Waals surface area contributed by atoms with E-state index in [0.29, 0.717) is 0 Å². The Hall–Kier alpha value is 0.565. The van der Waals surface area contributed by atoms with Gasteiger partial charge in [0.25, 0.3) is 0 Å². The van der Waals surface area contributed by atoms with Gasteiger partial charge >= 0.3 is 0 Å². The van der Waals surface area contributed by atoms with Gasteiger partial charge < -0.3 is 0 Å². The first kappa shape index (κ1) is 19.6. The van der Waals surface area contributed by atoms with E-state index in [0.717, 1.165) is 0 Å². The molecule has 0 atom stereocenters. The van der Waals surface area contributed by atoms with Crippen LogP contribution in [0.1, 0.15) is 59.3 Å². The zero-order valence-electron chi connectivity index (χ0n) is 12.7. The molecule has 0 saturated heterocycles. The van der Waals surface area contributed by atoms with Gasteiger partial charge in [0.05, 0.1) is 0 Å². The van der Waals surface area contributed by atoms with Crippen LogP contribution in [-0.2, 0) is 0 Å². The van der Waals surface area contributed by atoms with E-state index in [1.807, 2.05) is 0 Å². The molecule has 1 radical (unpaired) electrons. The van der Waals surface area contributed by atoms with Crippen molar-refractivity contribution < 1.29 is 0 Å². The van der Waals surface area contributed by atoms with Crippen LogP contribution in [0.5, 0.6) is 0 Å². The summed E-state index contributed by atoms with van der Waals surface area (Å²) in [4.78, 5) is 0. The summed E-state index contributed by atoms with van der Waals surface area (Å²) in [6.45, 7) is 6.65. The lowest BCUT2D eigenvalue weighted by Crippen LogP contribution is -2.31. The van der Waals surface area contributed by atoms with Gasteiger partial charge in [0.15, 0.2) is 0 Å². The average molecular weight is 323 g/mol. The number of alkyl halides is 2. The van der Waals surface area contributed by atoms with E-state index in [-0.39, 0.29) is 6.43 Å². The zero-order valence-corrected chi connectivity index (χ0v) is 15.1. The highest BCUT2D eigenvalue weighted by molar-refractivity contribution is 8.06. The SMILES string of the molecule is CCCC[P+](CCCC)(CCCC)[B-](C#N)C(Cl)Cl. The molecular formula is C14H28BCl2NP. The van der Waals surface area contributed by atoms with Gasteiger partial charge in [-0.05, 0) is 19.3 Å². The van der Waals surface area contributed by atoms with Gasteiger partial charge in [0.2, 0.25) is 6.43 Å². The van der Waals surface area contributed by atoms with E-state index < -0.39 is 11.9 Å². The van der Waals surface area contributed by atoms with Crippen LogP contribution in [0.15, 0.2) is 0 Å². The van der Waals surface area contributed by atoms with Crippen molar-refractivity contribution in [2.24, 2.45) is 0 Å². The van der Waals surface area contributed by atoms with E-state index in [1.165, 1.54) is 57.0 Å². The van der Waals surface area contributed by atoms with Crippen molar-refractivity contribution in [2.75, 3.05) is 18.5 Å². The van der Waals surface area contributed by atoms with Crippen LogP contribution >= 0.6 is 30.3 Å². The highest BCUT2D eigenvalue weighted by atomic mass is 35.5. The molecule has 19 heavy (non-hydrogen) atoms. The maximum absolute atomic E-state index is 9.54. The molecular weight excluding hydrogens is 295 g/mol. The fourth-order valence-electron chi connectivity index (χ4n) is 2.59. The van der Waals surface area contributed by atoms with Crippen LogP contribution in [0.25, 0.3) is 0 Å². The van der Waals surface area contributed by atoms with Crippen molar-refractivity contribution in [3.05, 3.63) is 0 Å². The van der Waals surface area contributed by atoms with Crippen molar-refractivity contribution in [1.82, 2.24) is 0 Å². The molecule has 1 nitrogen and oxygen atoms in total. The van der Waals surface area contributed by atoms with E-state index in [9.17, 15) is 5.26 Å². The maximum atomic E-state index is 9.54. The molecule has 0 aliphatic heterocycles. The Balaban J connectivity index is 5.12. The Morgan fingerprint density at radius 2 is 1.32 bits per heavy atom. The van der Waals surface area contributed by atoms with Gasteiger partial charge in [0, 0.05) is 23.2 Å². The van der Waals surface area contributed by atoms with Crippen molar-refractivity contribution >= 4 is 36.8 Å².